The molecule has 1 unspecified atom stereocenters. The largest absolute Gasteiger partial charge is 0.302 e. The summed E-state index contributed by atoms with van der Waals surface area (Å²) in [5.41, 5.74) is 2.65. The van der Waals surface area contributed by atoms with Crippen molar-refractivity contribution in [3.8, 4) is 0 Å². The van der Waals surface area contributed by atoms with Crippen LogP contribution in [0.25, 0.3) is 0 Å². The smallest absolute Gasteiger partial charge is 0.0406 e. The van der Waals surface area contributed by atoms with Crippen molar-refractivity contribution in [2.24, 2.45) is 0 Å². The van der Waals surface area contributed by atoms with Crippen LogP contribution < -0.4 is 0 Å². The fourth-order valence-electron chi connectivity index (χ4n) is 2.12. The van der Waals surface area contributed by atoms with Gasteiger partial charge in [0.05, 0.1) is 0 Å². The highest BCUT2D eigenvalue weighted by atomic mass is 35.5. The van der Waals surface area contributed by atoms with Crippen molar-refractivity contribution in [3.05, 3.63) is 70.7 Å². The van der Waals surface area contributed by atoms with Gasteiger partial charge in [-0.15, -0.1) is 0 Å². The van der Waals surface area contributed by atoms with Crippen LogP contribution in [0, 0.1) is 0 Å². The molecular weight excluding hydrogens is 242 g/mol. The molecule has 0 fully saturated rings. The van der Waals surface area contributed by atoms with E-state index in [2.05, 4.69) is 61.5 Å². The molecule has 2 aromatic carbocycles. The van der Waals surface area contributed by atoms with Crippen LogP contribution in [0.5, 0.6) is 0 Å². The highest BCUT2D eigenvalue weighted by molar-refractivity contribution is 6.30. The van der Waals surface area contributed by atoms with Crippen LogP contribution in [-0.4, -0.2) is 19.0 Å². The third-order valence-electron chi connectivity index (χ3n) is 3.15. The van der Waals surface area contributed by atoms with E-state index >= 15 is 0 Å². The second-order valence-corrected chi connectivity index (χ2v) is 5.16. The Balaban J connectivity index is 2.21. The second kappa shape index (κ2) is 6.03. The molecular formula is C16H18ClN. The SMILES string of the molecule is CN(C)C(Cc1ccccc1)c1ccc(Cl)cc1. The van der Waals surface area contributed by atoms with Gasteiger partial charge in [0.15, 0.2) is 0 Å². The zero-order chi connectivity index (χ0) is 13.0. The van der Waals surface area contributed by atoms with Crippen molar-refractivity contribution in [1.82, 2.24) is 4.90 Å². The molecule has 0 amide bonds. The van der Waals surface area contributed by atoms with Gasteiger partial charge in [-0.3, -0.25) is 0 Å². The maximum atomic E-state index is 5.94. The lowest BCUT2D eigenvalue weighted by Gasteiger charge is -2.25. The lowest BCUT2D eigenvalue weighted by molar-refractivity contribution is 0.297. The molecule has 0 aliphatic heterocycles. The summed E-state index contributed by atoms with van der Waals surface area (Å²) in [5.74, 6) is 0. The molecule has 0 N–H and O–H groups in total. The predicted octanol–water partition coefficient (Wildman–Crippen LogP) is 4.19. The monoisotopic (exact) mass is 259 g/mol. The average molecular weight is 260 g/mol. The predicted molar refractivity (Wildman–Crippen MR) is 78.0 cm³/mol. The van der Waals surface area contributed by atoms with Gasteiger partial charge in [-0.05, 0) is 43.8 Å². The first-order valence-electron chi connectivity index (χ1n) is 6.12. The number of nitrogens with zero attached hydrogens (tertiary/aromatic N) is 1. The van der Waals surface area contributed by atoms with E-state index in [1.165, 1.54) is 11.1 Å². The Bertz CT molecular complexity index is 476. The Morgan fingerprint density at radius 2 is 1.56 bits per heavy atom. The van der Waals surface area contributed by atoms with Gasteiger partial charge in [-0.1, -0.05) is 54.1 Å². The number of hydrogen-bond donors (Lipinski definition) is 0. The molecule has 94 valence electrons. The Morgan fingerprint density at radius 3 is 2.11 bits per heavy atom. The maximum absolute atomic E-state index is 5.94. The van der Waals surface area contributed by atoms with Gasteiger partial charge in [0.1, 0.15) is 0 Å². The van der Waals surface area contributed by atoms with Crippen molar-refractivity contribution in [3.63, 3.8) is 0 Å². The fourth-order valence-corrected chi connectivity index (χ4v) is 2.25. The lowest BCUT2D eigenvalue weighted by atomic mass is 9.98. The maximum Gasteiger partial charge on any atom is 0.0406 e. The first-order valence-corrected chi connectivity index (χ1v) is 6.50. The molecule has 0 radical (unpaired) electrons. The molecule has 1 atom stereocenters. The third-order valence-corrected chi connectivity index (χ3v) is 3.40. The summed E-state index contributed by atoms with van der Waals surface area (Å²) < 4.78 is 0. The summed E-state index contributed by atoms with van der Waals surface area (Å²) in [5, 5.41) is 0.788. The molecule has 2 aromatic rings. The van der Waals surface area contributed by atoms with Gasteiger partial charge in [-0.25, -0.2) is 0 Å². The summed E-state index contributed by atoms with van der Waals surface area (Å²) in [6.45, 7) is 0. The van der Waals surface area contributed by atoms with Crippen LogP contribution in [0.1, 0.15) is 17.2 Å². The van der Waals surface area contributed by atoms with Gasteiger partial charge in [0.2, 0.25) is 0 Å². The average Bonchev–Trinajstić information content (AvgIpc) is 2.38. The molecule has 0 aliphatic rings. The summed E-state index contributed by atoms with van der Waals surface area (Å²) in [7, 11) is 4.23. The summed E-state index contributed by atoms with van der Waals surface area (Å²) in [6, 6.07) is 19.1. The summed E-state index contributed by atoms with van der Waals surface area (Å²) in [6.07, 6.45) is 1.01. The third kappa shape index (κ3) is 3.34. The normalized spacial score (nSPS) is 12.7. The van der Waals surface area contributed by atoms with Gasteiger partial charge in [0.25, 0.3) is 0 Å². The molecule has 0 spiro atoms. The topological polar surface area (TPSA) is 3.24 Å². The molecule has 0 aromatic heterocycles. The highest BCUT2D eigenvalue weighted by Crippen LogP contribution is 2.24. The second-order valence-electron chi connectivity index (χ2n) is 4.72. The molecule has 0 saturated carbocycles. The van der Waals surface area contributed by atoms with Gasteiger partial charge in [0, 0.05) is 11.1 Å². The summed E-state index contributed by atoms with van der Waals surface area (Å²) in [4.78, 5) is 2.25. The van der Waals surface area contributed by atoms with E-state index in [-0.39, 0.29) is 0 Å². The highest BCUT2D eigenvalue weighted by Gasteiger charge is 2.14. The molecule has 2 rings (SSSR count). The number of hydrogen-bond acceptors (Lipinski definition) is 1. The molecule has 2 heteroatoms. The fraction of sp³-hybridized carbons (Fsp3) is 0.250. The van der Waals surface area contributed by atoms with Gasteiger partial charge >= 0.3 is 0 Å². The number of benzene rings is 2. The zero-order valence-electron chi connectivity index (χ0n) is 10.8. The van der Waals surface area contributed by atoms with Crippen LogP contribution in [-0.2, 0) is 6.42 Å². The van der Waals surface area contributed by atoms with E-state index in [9.17, 15) is 0 Å². The van der Waals surface area contributed by atoms with E-state index in [0.717, 1.165) is 11.4 Å². The molecule has 0 saturated heterocycles. The minimum absolute atomic E-state index is 0.379. The van der Waals surface area contributed by atoms with Crippen molar-refractivity contribution in [2.45, 2.75) is 12.5 Å². The Labute approximate surface area is 114 Å². The first kappa shape index (κ1) is 13.1. The van der Waals surface area contributed by atoms with Crippen molar-refractivity contribution in [1.29, 1.82) is 0 Å². The van der Waals surface area contributed by atoms with Crippen molar-refractivity contribution in [2.75, 3.05) is 14.1 Å². The van der Waals surface area contributed by atoms with Crippen LogP contribution in [0.2, 0.25) is 5.02 Å². The van der Waals surface area contributed by atoms with E-state index in [4.69, 9.17) is 11.6 Å². The first-order chi connectivity index (χ1) is 8.66. The van der Waals surface area contributed by atoms with Crippen molar-refractivity contribution < 1.29 is 0 Å². The lowest BCUT2D eigenvalue weighted by Crippen LogP contribution is -2.22. The van der Waals surface area contributed by atoms with E-state index in [0.29, 0.717) is 6.04 Å². The van der Waals surface area contributed by atoms with E-state index < -0.39 is 0 Å². The number of likely N-dealkylation sites (N-methyl/N-ethyl adjacent to an activating group) is 1. The van der Waals surface area contributed by atoms with Gasteiger partial charge < -0.3 is 4.90 Å². The summed E-state index contributed by atoms with van der Waals surface area (Å²) >= 11 is 5.94. The quantitative estimate of drug-likeness (QED) is 0.796. The van der Waals surface area contributed by atoms with Gasteiger partial charge in [-0.2, -0.15) is 0 Å². The standard InChI is InChI=1S/C16H18ClN/c1-18(2)16(12-13-6-4-3-5-7-13)14-8-10-15(17)11-9-14/h3-11,16H,12H2,1-2H3. The molecule has 0 bridgehead atoms. The molecule has 0 heterocycles. The minimum atomic E-state index is 0.379. The van der Waals surface area contributed by atoms with E-state index in [1.54, 1.807) is 0 Å². The molecule has 18 heavy (non-hydrogen) atoms. The minimum Gasteiger partial charge on any atom is -0.302 e. The van der Waals surface area contributed by atoms with Crippen LogP contribution >= 0.6 is 11.6 Å². The van der Waals surface area contributed by atoms with Crippen LogP contribution in [0.3, 0.4) is 0 Å². The van der Waals surface area contributed by atoms with Crippen LogP contribution in [0.4, 0.5) is 0 Å². The zero-order valence-corrected chi connectivity index (χ0v) is 11.6. The Morgan fingerprint density at radius 1 is 0.944 bits per heavy atom. The molecule has 0 aliphatic carbocycles. The number of rotatable bonds is 4. The molecule has 1 nitrogen and oxygen atoms in total. The number of halogens is 1. The van der Waals surface area contributed by atoms with Crippen LogP contribution in [0.15, 0.2) is 54.6 Å². The Hall–Kier alpha value is -1.31. The Kier molecular flexibility index (Phi) is 4.40. The van der Waals surface area contributed by atoms with Crippen molar-refractivity contribution >= 4 is 11.6 Å². The van der Waals surface area contributed by atoms with E-state index in [1.807, 2.05) is 12.1 Å².